The molecular formula is C17H27NO2. The maximum atomic E-state index is 5.97. The van der Waals surface area contributed by atoms with E-state index in [1.165, 1.54) is 29.5 Å². The van der Waals surface area contributed by atoms with Gasteiger partial charge in [0.05, 0.1) is 12.7 Å². The van der Waals surface area contributed by atoms with Crippen LogP contribution >= 0.6 is 0 Å². The second-order valence-corrected chi connectivity index (χ2v) is 5.72. The van der Waals surface area contributed by atoms with Crippen molar-refractivity contribution in [2.75, 3.05) is 19.8 Å². The Morgan fingerprint density at radius 2 is 2.05 bits per heavy atom. The molecule has 1 unspecified atom stereocenters. The van der Waals surface area contributed by atoms with E-state index < -0.39 is 0 Å². The SMILES string of the molecule is Cc1cc(CCN)cc(C)c1OCCCC1CCCO1. The van der Waals surface area contributed by atoms with Crippen molar-refractivity contribution < 1.29 is 9.47 Å². The molecule has 1 aliphatic rings. The molecule has 112 valence electrons. The lowest BCUT2D eigenvalue weighted by molar-refractivity contribution is 0.0980. The van der Waals surface area contributed by atoms with E-state index in [2.05, 4.69) is 26.0 Å². The minimum atomic E-state index is 0.465. The van der Waals surface area contributed by atoms with E-state index in [4.69, 9.17) is 15.2 Å². The maximum Gasteiger partial charge on any atom is 0.125 e. The van der Waals surface area contributed by atoms with Gasteiger partial charge in [-0.3, -0.25) is 0 Å². The van der Waals surface area contributed by atoms with E-state index in [0.29, 0.717) is 12.6 Å². The zero-order valence-corrected chi connectivity index (χ0v) is 12.8. The summed E-state index contributed by atoms with van der Waals surface area (Å²) in [5, 5.41) is 0. The Labute approximate surface area is 122 Å². The monoisotopic (exact) mass is 277 g/mol. The van der Waals surface area contributed by atoms with Crippen molar-refractivity contribution in [3.63, 3.8) is 0 Å². The van der Waals surface area contributed by atoms with Crippen molar-refractivity contribution in [1.29, 1.82) is 0 Å². The van der Waals surface area contributed by atoms with E-state index >= 15 is 0 Å². The van der Waals surface area contributed by atoms with Crippen LogP contribution in [0.4, 0.5) is 0 Å². The summed E-state index contributed by atoms with van der Waals surface area (Å²) in [5.41, 5.74) is 9.34. The number of rotatable bonds is 7. The zero-order valence-electron chi connectivity index (χ0n) is 12.8. The van der Waals surface area contributed by atoms with E-state index in [-0.39, 0.29) is 0 Å². The minimum Gasteiger partial charge on any atom is -0.493 e. The number of benzene rings is 1. The van der Waals surface area contributed by atoms with Crippen LogP contribution in [-0.2, 0) is 11.2 Å². The molecule has 0 amide bonds. The number of aryl methyl sites for hydroxylation is 2. The van der Waals surface area contributed by atoms with Gasteiger partial charge in [-0.15, -0.1) is 0 Å². The number of nitrogens with two attached hydrogens (primary N) is 1. The lowest BCUT2D eigenvalue weighted by Crippen LogP contribution is -2.09. The van der Waals surface area contributed by atoms with Gasteiger partial charge in [0.2, 0.25) is 0 Å². The Morgan fingerprint density at radius 3 is 2.65 bits per heavy atom. The molecule has 1 heterocycles. The van der Waals surface area contributed by atoms with Crippen molar-refractivity contribution >= 4 is 0 Å². The maximum absolute atomic E-state index is 5.97. The largest absolute Gasteiger partial charge is 0.493 e. The highest BCUT2D eigenvalue weighted by molar-refractivity contribution is 5.43. The van der Waals surface area contributed by atoms with Gasteiger partial charge < -0.3 is 15.2 Å². The molecule has 0 bridgehead atoms. The van der Waals surface area contributed by atoms with Gasteiger partial charge in [-0.25, -0.2) is 0 Å². The van der Waals surface area contributed by atoms with Gasteiger partial charge in [0.25, 0.3) is 0 Å². The van der Waals surface area contributed by atoms with Crippen LogP contribution in [0.1, 0.15) is 42.4 Å². The van der Waals surface area contributed by atoms with Crippen molar-refractivity contribution in [3.8, 4) is 5.75 Å². The topological polar surface area (TPSA) is 44.5 Å². The fourth-order valence-corrected chi connectivity index (χ4v) is 2.94. The van der Waals surface area contributed by atoms with Crippen LogP contribution in [-0.4, -0.2) is 25.9 Å². The average molecular weight is 277 g/mol. The summed E-state index contributed by atoms with van der Waals surface area (Å²) in [5.74, 6) is 1.04. The van der Waals surface area contributed by atoms with Crippen LogP contribution in [0.15, 0.2) is 12.1 Å². The van der Waals surface area contributed by atoms with Gasteiger partial charge in [0.15, 0.2) is 0 Å². The van der Waals surface area contributed by atoms with Crippen LogP contribution in [0.25, 0.3) is 0 Å². The molecule has 1 saturated heterocycles. The molecule has 0 aromatic heterocycles. The second-order valence-electron chi connectivity index (χ2n) is 5.72. The Kier molecular flexibility index (Phi) is 5.86. The summed E-state index contributed by atoms with van der Waals surface area (Å²) < 4.78 is 11.6. The molecule has 2 rings (SSSR count). The van der Waals surface area contributed by atoms with Gasteiger partial charge in [-0.05, 0) is 69.2 Å². The Balaban J connectivity index is 1.82. The molecule has 3 heteroatoms. The highest BCUT2D eigenvalue weighted by atomic mass is 16.5. The van der Waals surface area contributed by atoms with Crippen LogP contribution in [0, 0.1) is 13.8 Å². The molecule has 3 nitrogen and oxygen atoms in total. The lowest BCUT2D eigenvalue weighted by Gasteiger charge is -2.15. The number of hydrogen-bond acceptors (Lipinski definition) is 3. The van der Waals surface area contributed by atoms with Crippen molar-refractivity contribution in [2.24, 2.45) is 5.73 Å². The Hall–Kier alpha value is -1.06. The third-order valence-corrected chi connectivity index (χ3v) is 3.89. The summed E-state index contributed by atoms with van der Waals surface area (Å²) in [4.78, 5) is 0. The fourth-order valence-electron chi connectivity index (χ4n) is 2.94. The molecule has 1 aromatic rings. The van der Waals surface area contributed by atoms with E-state index in [9.17, 15) is 0 Å². The molecule has 0 spiro atoms. The van der Waals surface area contributed by atoms with Crippen molar-refractivity contribution in [3.05, 3.63) is 28.8 Å². The van der Waals surface area contributed by atoms with Crippen molar-refractivity contribution in [1.82, 2.24) is 0 Å². The van der Waals surface area contributed by atoms with Crippen LogP contribution in [0.5, 0.6) is 5.75 Å². The van der Waals surface area contributed by atoms with E-state index in [1.54, 1.807) is 0 Å². The zero-order chi connectivity index (χ0) is 14.4. The molecule has 0 aliphatic carbocycles. The number of hydrogen-bond donors (Lipinski definition) is 1. The van der Waals surface area contributed by atoms with Crippen LogP contribution in [0.2, 0.25) is 0 Å². The smallest absolute Gasteiger partial charge is 0.125 e. The first-order valence-corrected chi connectivity index (χ1v) is 7.75. The highest BCUT2D eigenvalue weighted by Gasteiger charge is 2.15. The van der Waals surface area contributed by atoms with Gasteiger partial charge in [-0.1, -0.05) is 12.1 Å². The van der Waals surface area contributed by atoms with Gasteiger partial charge in [0.1, 0.15) is 5.75 Å². The Morgan fingerprint density at radius 1 is 1.30 bits per heavy atom. The highest BCUT2D eigenvalue weighted by Crippen LogP contribution is 2.25. The molecule has 0 saturated carbocycles. The first-order valence-electron chi connectivity index (χ1n) is 7.75. The Bertz CT molecular complexity index is 402. The quantitative estimate of drug-likeness (QED) is 0.779. The lowest BCUT2D eigenvalue weighted by atomic mass is 10.0. The molecule has 1 aromatic carbocycles. The first-order chi connectivity index (χ1) is 9.70. The molecule has 0 radical (unpaired) electrons. The van der Waals surface area contributed by atoms with Gasteiger partial charge in [-0.2, -0.15) is 0 Å². The standard InChI is InChI=1S/C17H27NO2/c1-13-11-15(7-8-18)12-14(2)17(13)20-10-4-6-16-5-3-9-19-16/h11-12,16H,3-10,18H2,1-2H3. The third-order valence-electron chi connectivity index (χ3n) is 3.89. The summed E-state index contributed by atoms with van der Waals surface area (Å²) in [6.07, 6.45) is 6.00. The average Bonchev–Trinajstić information content (AvgIpc) is 2.90. The van der Waals surface area contributed by atoms with Crippen LogP contribution < -0.4 is 10.5 Å². The summed E-state index contributed by atoms with van der Waals surface area (Å²) in [6.45, 7) is 6.63. The molecule has 1 atom stereocenters. The molecule has 1 aliphatic heterocycles. The van der Waals surface area contributed by atoms with Crippen LogP contribution in [0.3, 0.4) is 0 Å². The predicted molar refractivity (Wildman–Crippen MR) is 82.4 cm³/mol. The second kappa shape index (κ2) is 7.65. The van der Waals surface area contributed by atoms with Gasteiger partial charge in [0, 0.05) is 6.61 Å². The first kappa shape index (κ1) is 15.3. The number of ether oxygens (including phenoxy) is 2. The summed E-state index contributed by atoms with van der Waals surface area (Å²) in [6, 6.07) is 4.38. The molecule has 1 fully saturated rings. The van der Waals surface area contributed by atoms with Gasteiger partial charge >= 0.3 is 0 Å². The predicted octanol–water partition coefficient (Wildman–Crippen LogP) is 3.14. The summed E-state index contributed by atoms with van der Waals surface area (Å²) in [7, 11) is 0. The minimum absolute atomic E-state index is 0.465. The normalized spacial score (nSPS) is 18.4. The van der Waals surface area contributed by atoms with Crippen molar-refractivity contribution in [2.45, 2.75) is 52.1 Å². The third kappa shape index (κ3) is 4.22. The molecular weight excluding hydrogens is 250 g/mol. The molecule has 2 N–H and O–H groups in total. The van der Waals surface area contributed by atoms with E-state index in [0.717, 1.165) is 38.2 Å². The summed E-state index contributed by atoms with van der Waals surface area (Å²) >= 11 is 0. The fraction of sp³-hybridized carbons (Fsp3) is 0.647. The van der Waals surface area contributed by atoms with E-state index in [1.807, 2.05) is 0 Å². The molecule has 20 heavy (non-hydrogen) atoms.